The van der Waals surface area contributed by atoms with E-state index in [0.717, 1.165) is 40.1 Å². The third kappa shape index (κ3) is 12.6. The van der Waals surface area contributed by atoms with Crippen LogP contribution in [0.25, 0.3) is 0 Å². The maximum atomic E-state index is 14.5. The lowest BCUT2D eigenvalue weighted by Gasteiger charge is -2.28. The summed E-state index contributed by atoms with van der Waals surface area (Å²) in [5.74, 6) is 0. The monoisotopic (exact) mass is 1020 g/mol. The lowest BCUT2D eigenvalue weighted by atomic mass is 10.1. The minimum absolute atomic E-state index is 0.0148. The molecule has 0 amide bonds. The van der Waals surface area contributed by atoms with Gasteiger partial charge in [-0.25, -0.2) is 33.7 Å². The molecule has 376 valence electrons. The highest BCUT2D eigenvalue weighted by molar-refractivity contribution is 7.90. The lowest BCUT2D eigenvalue weighted by Crippen LogP contribution is -2.39. The predicted molar refractivity (Wildman–Crippen MR) is 260 cm³/mol. The van der Waals surface area contributed by atoms with Gasteiger partial charge in [-0.05, 0) is 153 Å². The molecule has 0 saturated carbocycles. The van der Waals surface area contributed by atoms with Gasteiger partial charge in [0.15, 0.2) is 0 Å². The highest BCUT2D eigenvalue weighted by atomic mass is 32.2. The van der Waals surface area contributed by atoms with E-state index in [1.807, 2.05) is 27.7 Å². The van der Waals surface area contributed by atoms with E-state index in [1.54, 1.807) is 104 Å². The minimum atomic E-state index is -4.34. The van der Waals surface area contributed by atoms with Gasteiger partial charge in [0.1, 0.15) is 0 Å². The lowest BCUT2D eigenvalue weighted by molar-refractivity contribution is -0.133. The number of aryl methyl sites for hydroxylation is 12. The topological polar surface area (TPSA) is 186 Å². The maximum Gasteiger partial charge on any atom is 0.265 e. The van der Waals surface area contributed by atoms with Gasteiger partial charge in [0, 0.05) is 26.2 Å². The summed E-state index contributed by atoms with van der Waals surface area (Å²) in [7, 11) is -17.4. The van der Waals surface area contributed by atoms with Crippen molar-refractivity contribution in [1.82, 2.24) is 17.9 Å². The maximum absolute atomic E-state index is 14.5. The van der Waals surface area contributed by atoms with Crippen LogP contribution in [0.1, 0.15) is 92.4 Å². The van der Waals surface area contributed by atoms with E-state index in [4.69, 9.17) is 19.4 Å². The molecule has 1 heterocycles. The summed E-state index contributed by atoms with van der Waals surface area (Å²) in [5.41, 5.74) is 7.47. The third-order valence-electron chi connectivity index (χ3n) is 11.4. The molecular weight excluding hydrogens is 953 g/mol. The Balaban J connectivity index is 1.54. The summed E-state index contributed by atoms with van der Waals surface area (Å²) in [4.78, 5) is 24.3. The van der Waals surface area contributed by atoms with Crippen LogP contribution in [0.3, 0.4) is 0 Å². The molecule has 1 aliphatic heterocycles. The van der Waals surface area contributed by atoms with Crippen molar-refractivity contribution in [3.63, 3.8) is 0 Å². The molecule has 5 rings (SSSR count). The van der Waals surface area contributed by atoms with Gasteiger partial charge in [0.25, 0.3) is 40.1 Å². The fraction of sp³-hybridized carbons (Fsp3) is 0.500. The molecule has 0 spiro atoms. The number of hydrogen-bond acceptors (Lipinski definition) is 12. The van der Waals surface area contributed by atoms with Crippen LogP contribution in [0.4, 0.5) is 0 Å². The highest BCUT2D eigenvalue weighted by Gasteiger charge is 2.35. The Morgan fingerprint density at radius 1 is 0.294 bits per heavy atom. The van der Waals surface area contributed by atoms with Crippen LogP contribution in [0.5, 0.6) is 0 Å². The Kier molecular flexibility index (Phi) is 18.4. The molecule has 68 heavy (non-hydrogen) atoms. The molecule has 0 atom stereocenters. The molecule has 0 radical (unpaired) electrons. The fourth-order valence-electron chi connectivity index (χ4n) is 9.16. The summed E-state index contributed by atoms with van der Waals surface area (Å²) in [6.45, 7) is 18.8. The molecule has 1 aliphatic rings. The van der Waals surface area contributed by atoms with Gasteiger partial charge < -0.3 is 0 Å². The van der Waals surface area contributed by atoms with Crippen molar-refractivity contribution >= 4 is 40.1 Å². The van der Waals surface area contributed by atoms with Crippen molar-refractivity contribution in [2.75, 3.05) is 52.6 Å². The molecule has 16 nitrogen and oxygen atoms in total. The van der Waals surface area contributed by atoms with E-state index in [9.17, 15) is 33.7 Å². The van der Waals surface area contributed by atoms with E-state index in [0.29, 0.717) is 44.5 Å². The van der Waals surface area contributed by atoms with E-state index in [2.05, 4.69) is 0 Å². The largest absolute Gasteiger partial charge is 0.284 e. The van der Waals surface area contributed by atoms with Gasteiger partial charge in [-0.3, -0.25) is 19.4 Å². The van der Waals surface area contributed by atoms with Crippen LogP contribution in [-0.4, -0.2) is 104 Å². The van der Waals surface area contributed by atoms with Crippen LogP contribution >= 0.6 is 0 Å². The van der Waals surface area contributed by atoms with Crippen molar-refractivity contribution in [3.05, 3.63) is 115 Å². The molecular formula is C48H68N4O12S4. The Morgan fingerprint density at radius 2 is 0.456 bits per heavy atom. The first kappa shape index (κ1) is 55.3. The second-order valence-corrected chi connectivity index (χ2v) is 24.8. The van der Waals surface area contributed by atoms with Crippen molar-refractivity contribution in [3.8, 4) is 0 Å². The SMILES string of the molecule is Cc1cc(C)c(S(=O)(=O)N2CCCN(S(=O)(=O)c3c(C)cc(C)cc3C)OCCCON(S(=O)(=O)c3c(C)cc(C)cc3C)CCCN(S(=O)(=O)c3c(C)cc(C)cc3C)OCCCO2)c(C)c1. The van der Waals surface area contributed by atoms with Gasteiger partial charge in [-0.15, -0.1) is 0 Å². The van der Waals surface area contributed by atoms with E-state index in [-0.39, 0.29) is 97.9 Å². The van der Waals surface area contributed by atoms with Crippen LogP contribution in [0, 0.1) is 83.1 Å². The number of benzene rings is 4. The standard InChI is InChI=1S/C48H68N4O12S4/c1-33-25-37(5)45(38(6)26-33)65(53,54)49-17-13-18-50(66(55,56)46-39(7)27-34(2)28-40(46)8)63-23-16-24-64-52(68(59,60)48-43(11)31-36(4)32-44(48)12)20-14-19-51(62-22-15-21-61-49)67(57,58)47-41(9)29-35(3)30-42(47)10/h25-32H,13-24H2,1-12H3. The molecule has 0 aromatic heterocycles. The van der Waals surface area contributed by atoms with Crippen LogP contribution < -0.4 is 0 Å². The number of sulfonamides is 4. The summed E-state index contributed by atoms with van der Waals surface area (Å²) in [6, 6.07) is 14.0. The normalized spacial score (nSPS) is 17.6. The summed E-state index contributed by atoms with van der Waals surface area (Å²) in [5, 5.41) is 0. The first-order valence-corrected chi connectivity index (χ1v) is 28.4. The second kappa shape index (κ2) is 22.6. The number of nitrogens with zero attached hydrogens (tertiary/aromatic N) is 4. The first-order chi connectivity index (χ1) is 31.7. The van der Waals surface area contributed by atoms with Gasteiger partial charge in [0.05, 0.1) is 46.0 Å². The van der Waals surface area contributed by atoms with Crippen molar-refractivity contribution < 1.29 is 53.0 Å². The first-order valence-electron chi connectivity index (χ1n) is 22.6. The van der Waals surface area contributed by atoms with E-state index in [1.165, 1.54) is 0 Å². The molecule has 1 fully saturated rings. The van der Waals surface area contributed by atoms with Crippen LogP contribution in [0.2, 0.25) is 0 Å². The average molecular weight is 1020 g/mol. The van der Waals surface area contributed by atoms with Crippen molar-refractivity contribution in [2.24, 2.45) is 0 Å². The van der Waals surface area contributed by atoms with Crippen LogP contribution in [-0.2, 0) is 59.4 Å². The quantitative estimate of drug-likeness (QED) is 0.167. The van der Waals surface area contributed by atoms with Gasteiger partial charge in [0.2, 0.25) is 0 Å². The number of hydroxylamine groups is 4. The number of rotatable bonds is 8. The summed E-state index contributed by atoms with van der Waals surface area (Å²) >= 11 is 0. The molecule has 0 unspecified atom stereocenters. The molecule has 0 N–H and O–H groups in total. The van der Waals surface area contributed by atoms with Gasteiger partial charge in [-0.1, -0.05) is 88.7 Å². The Labute approximate surface area is 405 Å². The average Bonchev–Trinajstić information content (AvgIpc) is 3.17. The second-order valence-electron chi connectivity index (χ2n) is 17.8. The molecule has 1 saturated heterocycles. The van der Waals surface area contributed by atoms with E-state index < -0.39 is 40.1 Å². The third-order valence-corrected chi connectivity index (χ3v) is 19.3. The zero-order chi connectivity index (χ0) is 50.5. The molecule has 0 aliphatic carbocycles. The molecule has 0 bridgehead atoms. The Morgan fingerprint density at radius 3 is 0.618 bits per heavy atom. The smallest absolute Gasteiger partial charge is 0.265 e. The Bertz CT molecular complexity index is 2460. The fourth-order valence-corrected chi connectivity index (χ4v) is 16.0. The summed E-state index contributed by atoms with van der Waals surface area (Å²) in [6.07, 6.45) is -0.133. The molecule has 4 aromatic rings. The minimum Gasteiger partial charge on any atom is -0.284 e. The Hall–Kier alpha value is -3.64. The predicted octanol–water partition coefficient (Wildman–Crippen LogP) is 7.75. The van der Waals surface area contributed by atoms with Gasteiger partial charge >= 0.3 is 0 Å². The highest BCUT2D eigenvalue weighted by Crippen LogP contribution is 2.31. The van der Waals surface area contributed by atoms with E-state index >= 15 is 0 Å². The summed E-state index contributed by atoms with van der Waals surface area (Å²) < 4.78 is 119. The van der Waals surface area contributed by atoms with Crippen molar-refractivity contribution in [1.29, 1.82) is 0 Å². The number of hydrogen-bond donors (Lipinski definition) is 0. The van der Waals surface area contributed by atoms with Crippen LogP contribution in [0.15, 0.2) is 68.1 Å². The van der Waals surface area contributed by atoms with Crippen molar-refractivity contribution in [2.45, 2.75) is 128 Å². The molecule has 4 aromatic carbocycles. The zero-order valence-corrected chi connectivity index (χ0v) is 44.7. The molecule has 20 heteroatoms. The zero-order valence-electron chi connectivity index (χ0n) is 41.4. The van der Waals surface area contributed by atoms with Gasteiger partial charge in [-0.2, -0.15) is 0 Å².